The van der Waals surface area contributed by atoms with Crippen molar-refractivity contribution in [3.63, 3.8) is 0 Å². The Balaban J connectivity index is 2.17. The number of nitrogens with zero attached hydrogens (tertiary/aromatic N) is 4. The van der Waals surface area contributed by atoms with Gasteiger partial charge < -0.3 is 19.6 Å². The van der Waals surface area contributed by atoms with E-state index in [1.54, 1.807) is 0 Å². The molecule has 3 aromatic carbocycles. The fraction of sp³-hybridized carbons (Fsp3) is 0.400. The lowest BCUT2D eigenvalue weighted by molar-refractivity contribution is 0.864. The lowest BCUT2D eigenvalue weighted by atomic mass is 10.1. The molecule has 0 heterocycles. The molecule has 0 saturated carbocycles. The van der Waals surface area contributed by atoms with E-state index in [2.05, 4.69) is 134 Å². The lowest BCUT2D eigenvalue weighted by Crippen LogP contribution is -2.23. The van der Waals surface area contributed by atoms with Crippen LogP contribution in [0.1, 0.15) is 41.5 Å². The summed E-state index contributed by atoms with van der Waals surface area (Å²) in [5.74, 6) is 0. The minimum absolute atomic E-state index is 0.995. The molecule has 0 bridgehead atoms. The molecule has 4 nitrogen and oxygen atoms in total. The van der Waals surface area contributed by atoms with Gasteiger partial charge in [-0.25, -0.2) is 0 Å². The molecule has 0 aromatic heterocycles. The summed E-state index contributed by atoms with van der Waals surface area (Å²) >= 11 is 0. The normalized spacial score (nSPS) is 10.8. The Kier molecular flexibility index (Phi) is 9.26. The Morgan fingerprint density at radius 1 is 0.382 bits per heavy atom. The number of anilines is 6. The van der Waals surface area contributed by atoms with Gasteiger partial charge in [-0.3, -0.25) is 0 Å². The van der Waals surface area contributed by atoms with Gasteiger partial charge in [0, 0.05) is 73.4 Å². The predicted molar refractivity (Wildman–Crippen MR) is 152 cm³/mol. The van der Waals surface area contributed by atoms with E-state index < -0.39 is 0 Å². The zero-order chi connectivity index (χ0) is 24.5. The molecule has 3 rings (SSSR count). The van der Waals surface area contributed by atoms with Crippen LogP contribution in [-0.4, -0.2) is 39.3 Å². The van der Waals surface area contributed by atoms with Gasteiger partial charge >= 0.3 is 0 Å². The molecule has 0 amide bonds. The standard InChI is InChI=1S/C30H42N4/c1-7-31(8-2)25-16-13-19-28(22-25)34(29-20-14-17-26(23-29)32(9-3)10-4)30-21-15-18-27(24-30)33(11-5)12-6/h13-24H,7-12H2,1-6H3. The van der Waals surface area contributed by atoms with E-state index in [9.17, 15) is 0 Å². The molecule has 0 spiro atoms. The molecular formula is C30H42N4. The van der Waals surface area contributed by atoms with Crippen LogP contribution in [0.2, 0.25) is 0 Å². The van der Waals surface area contributed by atoms with E-state index in [-0.39, 0.29) is 0 Å². The number of rotatable bonds is 12. The Labute approximate surface area is 207 Å². The predicted octanol–water partition coefficient (Wildman–Crippen LogP) is 7.70. The van der Waals surface area contributed by atoms with Gasteiger partial charge in [0.05, 0.1) is 0 Å². The summed E-state index contributed by atoms with van der Waals surface area (Å²) in [6.45, 7) is 19.3. The summed E-state index contributed by atoms with van der Waals surface area (Å²) in [5, 5.41) is 0. The topological polar surface area (TPSA) is 13.0 Å². The zero-order valence-corrected chi connectivity index (χ0v) is 22.0. The molecule has 0 atom stereocenters. The van der Waals surface area contributed by atoms with Crippen LogP contribution in [-0.2, 0) is 0 Å². The second-order valence-corrected chi connectivity index (χ2v) is 8.41. The minimum Gasteiger partial charge on any atom is -0.372 e. The van der Waals surface area contributed by atoms with Crippen LogP contribution in [0.5, 0.6) is 0 Å². The van der Waals surface area contributed by atoms with E-state index in [1.165, 1.54) is 34.1 Å². The van der Waals surface area contributed by atoms with Crippen molar-refractivity contribution in [1.82, 2.24) is 0 Å². The maximum Gasteiger partial charge on any atom is 0.0482 e. The van der Waals surface area contributed by atoms with Crippen LogP contribution in [0.15, 0.2) is 72.8 Å². The van der Waals surface area contributed by atoms with Crippen molar-refractivity contribution >= 4 is 34.1 Å². The van der Waals surface area contributed by atoms with Crippen molar-refractivity contribution in [2.24, 2.45) is 0 Å². The van der Waals surface area contributed by atoms with Gasteiger partial charge in [-0.15, -0.1) is 0 Å². The van der Waals surface area contributed by atoms with E-state index in [1.807, 2.05) is 0 Å². The molecule has 0 aliphatic rings. The summed E-state index contributed by atoms with van der Waals surface area (Å²) in [7, 11) is 0. The van der Waals surface area contributed by atoms with Crippen molar-refractivity contribution < 1.29 is 0 Å². The van der Waals surface area contributed by atoms with Crippen molar-refractivity contribution in [3.05, 3.63) is 72.8 Å². The van der Waals surface area contributed by atoms with Gasteiger partial charge in [0.1, 0.15) is 0 Å². The van der Waals surface area contributed by atoms with Crippen LogP contribution >= 0.6 is 0 Å². The summed E-state index contributed by atoms with van der Waals surface area (Å²) in [5.41, 5.74) is 7.31. The van der Waals surface area contributed by atoms with Crippen molar-refractivity contribution in [2.75, 3.05) is 58.9 Å². The van der Waals surface area contributed by atoms with E-state index in [4.69, 9.17) is 0 Å². The second kappa shape index (κ2) is 12.4. The third-order valence-electron chi connectivity index (χ3n) is 6.65. The fourth-order valence-corrected chi connectivity index (χ4v) is 4.70. The molecule has 182 valence electrons. The van der Waals surface area contributed by atoms with Crippen LogP contribution in [0.4, 0.5) is 34.1 Å². The van der Waals surface area contributed by atoms with Crippen LogP contribution in [0.3, 0.4) is 0 Å². The van der Waals surface area contributed by atoms with E-state index in [0.29, 0.717) is 0 Å². The van der Waals surface area contributed by atoms with Crippen LogP contribution < -0.4 is 19.6 Å². The third-order valence-corrected chi connectivity index (χ3v) is 6.65. The summed E-state index contributed by atoms with van der Waals surface area (Å²) in [6.07, 6.45) is 0. The summed E-state index contributed by atoms with van der Waals surface area (Å²) < 4.78 is 0. The highest BCUT2D eigenvalue weighted by atomic mass is 15.2. The maximum absolute atomic E-state index is 2.40. The van der Waals surface area contributed by atoms with Gasteiger partial charge in [-0.2, -0.15) is 0 Å². The second-order valence-electron chi connectivity index (χ2n) is 8.41. The molecule has 0 N–H and O–H groups in total. The van der Waals surface area contributed by atoms with Crippen LogP contribution in [0, 0.1) is 0 Å². The van der Waals surface area contributed by atoms with Crippen LogP contribution in [0.25, 0.3) is 0 Å². The Bertz CT molecular complexity index is 888. The number of hydrogen-bond acceptors (Lipinski definition) is 4. The molecule has 34 heavy (non-hydrogen) atoms. The Morgan fingerprint density at radius 3 is 0.853 bits per heavy atom. The SMILES string of the molecule is CCN(CC)c1cccc(N(c2cccc(N(CC)CC)c2)c2cccc(N(CC)CC)c2)c1. The summed E-state index contributed by atoms with van der Waals surface area (Å²) in [4.78, 5) is 9.61. The number of hydrogen-bond donors (Lipinski definition) is 0. The average molecular weight is 459 g/mol. The smallest absolute Gasteiger partial charge is 0.0482 e. The molecule has 0 fully saturated rings. The first-order valence-electron chi connectivity index (χ1n) is 12.9. The molecule has 4 heteroatoms. The van der Waals surface area contributed by atoms with Crippen molar-refractivity contribution in [3.8, 4) is 0 Å². The molecule has 0 radical (unpaired) electrons. The monoisotopic (exact) mass is 458 g/mol. The minimum atomic E-state index is 0.995. The number of benzene rings is 3. The molecule has 0 aliphatic carbocycles. The average Bonchev–Trinajstić information content (AvgIpc) is 2.87. The first-order chi connectivity index (χ1) is 16.6. The van der Waals surface area contributed by atoms with Crippen molar-refractivity contribution in [2.45, 2.75) is 41.5 Å². The molecule has 0 aliphatic heterocycles. The summed E-state index contributed by atoms with van der Waals surface area (Å²) in [6, 6.07) is 26.8. The highest BCUT2D eigenvalue weighted by Gasteiger charge is 2.16. The van der Waals surface area contributed by atoms with Gasteiger partial charge in [0.25, 0.3) is 0 Å². The zero-order valence-electron chi connectivity index (χ0n) is 22.0. The highest BCUT2D eigenvalue weighted by molar-refractivity contribution is 5.81. The maximum atomic E-state index is 2.40. The Morgan fingerprint density at radius 2 is 0.618 bits per heavy atom. The third kappa shape index (κ3) is 5.67. The first-order valence-corrected chi connectivity index (χ1v) is 12.9. The van der Waals surface area contributed by atoms with Gasteiger partial charge in [-0.1, -0.05) is 18.2 Å². The van der Waals surface area contributed by atoms with Gasteiger partial charge in [0.15, 0.2) is 0 Å². The highest BCUT2D eigenvalue weighted by Crippen LogP contribution is 2.39. The lowest BCUT2D eigenvalue weighted by Gasteiger charge is -2.30. The Hall–Kier alpha value is -3.14. The van der Waals surface area contributed by atoms with Gasteiger partial charge in [-0.05, 0) is 96.1 Å². The molecule has 0 saturated heterocycles. The van der Waals surface area contributed by atoms with E-state index >= 15 is 0 Å². The van der Waals surface area contributed by atoms with E-state index in [0.717, 1.165) is 39.3 Å². The fourth-order valence-electron chi connectivity index (χ4n) is 4.70. The quantitative estimate of drug-likeness (QED) is 0.276. The largest absolute Gasteiger partial charge is 0.372 e. The van der Waals surface area contributed by atoms with Gasteiger partial charge in [0.2, 0.25) is 0 Å². The molecule has 3 aromatic rings. The van der Waals surface area contributed by atoms with Crippen molar-refractivity contribution in [1.29, 1.82) is 0 Å². The first kappa shape index (κ1) is 25.5. The molecular weight excluding hydrogens is 416 g/mol. The molecule has 0 unspecified atom stereocenters.